The molecule has 1 N–H and O–H groups in total. The van der Waals surface area contributed by atoms with E-state index in [-0.39, 0.29) is 0 Å². The van der Waals surface area contributed by atoms with Gasteiger partial charge in [-0.05, 0) is 12.8 Å². The van der Waals surface area contributed by atoms with E-state index in [1.807, 2.05) is 4.57 Å². The lowest BCUT2D eigenvalue weighted by Gasteiger charge is -2.12. The molecule has 1 aliphatic rings. The van der Waals surface area contributed by atoms with Gasteiger partial charge in [0, 0.05) is 24.0 Å². The molecule has 0 aliphatic heterocycles. The molecule has 1 saturated carbocycles. The molecule has 0 amide bonds. The SMILES string of the molecule is OC(c1cncnc1)c1cncn1C1CC1. The smallest absolute Gasteiger partial charge is 0.124 e. The molecule has 1 unspecified atom stereocenters. The minimum absolute atomic E-state index is 0.511. The van der Waals surface area contributed by atoms with E-state index in [4.69, 9.17) is 0 Å². The van der Waals surface area contributed by atoms with Gasteiger partial charge in [0.2, 0.25) is 0 Å². The van der Waals surface area contributed by atoms with Crippen molar-refractivity contribution in [2.45, 2.75) is 25.0 Å². The largest absolute Gasteiger partial charge is 0.382 e. The van der Waals surface area contributed by atoms with Gasteiger partial charge in [-0.25, -0.2) is 15.0 Å². The van der Waals surface area contributed by atoms with Crippen molar-refractivity contribution in [3.05, 3.63) is 42.5 Å². The van der Waals surface area contributed by atoms with Gasteiger partial charge in [0.1, 0.15) is 12.4 Å². The van der Waals surface area contributed by atoms with Crippen LogP contribution in [0.2, 0.25) is 0 Å². The predicted octanol–water partition coefficient (Wildman–Crippen LogP) is 1.09. The van der Waals surface area contributed by atoms with Crippen LogP contribution < -0.4 is 0 Å². The minimum atomic E-state index is -0.690. The van der Waals surface area contributed by atoms with Crippen LogP contribution in [0, 0.1) is 0 Å². The molecule has 0 aromatic carbocycles. The third kappa shape index (κ3) is 1.59. The number of hydrogen-bond acceptors (Lipinski definition) is 4. The molecule has 0 saturated heterocycles. The Morgan fingerprint density at radius 3 is 2.62 bits per heavy atom. The number of aliphatic hydroxyl groups is 1. The third-order valence-electron chi connectivity index (χ3n) is 2.81. The third-order valence-corrected chi connectivity index (χ3v) is 2.81. The zero-order chi connectivity index (χ0) is 11.0. The van der Waals surface area contributed by atoms with Crippen LogP contribution in [0.25, 0.3) is 0 Å². The summed E-state index contributed by atoms with van der Waals surface area (Å²) in [5, 5.41) is 10.2. The normalized spacial score (nSPS) is 17.3. The van der Waals surface area contributed by atoms with Gasteiger partial charge in [-0.3, -0.25) is 0 Å². The maximum absolute atomic E-state index is 10.2. The molecule has 3 rings (SSSR count). The molecule has 0 radical (unpaired) electrons. The van der Waals surface area contributed by atoms with Gasteiger partial charge in [0.15, 0.2) is 0 Å². The fraction of sp³-hybridized carbons (Fsp3) is 0.364. The highest BCUT2D eigenvalue weighted by Crippen LogP contribution is 2.37. The zero-order valence-corrected chi connectivity index (χ0v) is 8.69. The number of nitrogens with zero attached hydrogens (tertiary/aromatic N) is 4. The standard InChI is InChI=1S/C11H12N4O/c16-11(8-3-12-6-13-4-8)10-5-14-7-15(10)9-1-2-9/h3-7,9,11,16H,1-2H2. The Morgan fingerprint density at radius 1 is 1.19 bits per heavy atom. The van der Waals surface area contributed by atoms with E-state index in [1.165, 1.54) is 19.2 Å². The fourth-order valence-electron chi connectivity index (χ4n) is 1.81. The second kappa shape index (κ2) is 3.68. The van der Waals surface area contributed by atoms with Crippen molar-refractivity contribution in [2.24, 2.45) is 0 Å². The van der Waals surface area contributed by atoms with E-state index in [1.54, 1.807) is 24.9 Å². The Kier molecular flexibility index (Phi) is 2.18. The molecule has 1 fully saturated rings. The zero-order valence-electron chi connectivity index (χ0n) is 8.69. The van der Waals surface area contributed by atoms with Gasteiger partial charge in [0.25, 0.3) is 0 Å². The molecule has 0 bridgehead atoms. The summed E-state index contributed by atoms with van der Waals surface area (Å²) in [6.07, 6.45) is 9.83. The summed E-state index contributed by atoms with van der Waals surface area (Å²) in [4.78, 5) is 11.9. The second-order valence-electron chi connectivity index (χ2n) is 4.03. The molecule has 5 heteroatoms. The van der Waals surface area contributed by atoms with Crippen LogP contribution in [-0.2, 0) is 0 Å². The van der Waals surface area contributed by atoms with Crippen LogP contribution in [0.15, 0.2) is 31.2 Å². The van der Waals surface area contributed by atoms with Crippen LogP contribution in [0.4, 0.5) is 0 Å². The van der Waals surface area contributed by atoms with Crippen LogP contribution in [0.5, 0.6) is 0 Å². The number of hydrogen-bond donors (Lipinski definition) is 1. The molecule has 1 aliphatic carbocycles. The van der Waals surface area contributed by atoms with Crippen LogP contribution in [0.1, 0.15) is 36.2 Å². The molecule has 2 aromatic rings. The van der Waals surface area contributed by atoms with Gasteiger partial charge >= 0.3 is 0 Å². The van der Waals surface area contributed by atoms with Gasteiger partial charge < -0.3 is 9.67 Å². The van der Waals surface area contributed by atoms with Crippen molar-refractivity contribution >= 4 is 0 Å². The highest BCUT2D eigenvalue weighted by atomic mass is 16.3. The van der Waals surface area contributed by atoms with E-state index in [9.17, 15) is 5.11 Å². The lowest BCUT2D eigenvalue weighted by atomic mass is 10.1. The van der Waals surface area contributed by atoms with Gasteiger partial charge in [-0.2, -0.15) is 0 Å². The van der Waals surface area contributed by atoms with Gasteiger partial charge in [-0.1, -0.05) is 0 Å². The Balaban J connectivity index is 1.94. The molecule has 5 nitrogen and oxygen atoms in total. The first-order valence-electron chi connectivity index (χ1n) is 5.31. The maximum atomic E-state index is 10.2. The fourth-order valence-corrected chi connectivity index (χ4v) is 1.81. The van der Waals surface area contributed by atoms with Crippen molar-refractivity contribution in [1.82, 2.24) is 19.5 Å². The summed E-state index contributed by atoms with van der Waals surface area (Å²) >= 11 is 0. The van der Waals surface area contributed by atoms with E-state index >= 15 is 0 Å². The first-order valence-corrected chi connectivity index (χ1v) is 5.31. The van der Waals surface area contributed by atoms with Gasteiger partial charge in [-0.15, -0.1) is 0 Å². The van der Waals surface area contributed by atoms with Crippen LogP contribution >= 0.6 is 0 Å². The van der Waals surface area contributed by atoms with Crippen LogP contribution in [0.3, 0.4) is 0 Å². The Morgan fingerprint density at radius 2 is 1.94 bits per heavy atom. The summed E-state index contributed by atoms with van der Waals surface area (Å²) in [6.45, 7) is 0. The van der Waals surface area contributed by atoms with Crippen molar-refractivity contribution in [3.8, 4) is 0 Å². The van der Waals surface area contributed by atoms with Crippen molar-refractivity contribution in [1.29, 1.82) is 0 Å². The Labute approximate surface area is 92.8 Å². The molecule has 0 spiro atoms. The predicted molar refractivity (Wildman–Crippen MR) is 56.6 cm³/mol. The quantitative estimate of drug-likeness (QED) is 0.834. The van der Waals surface area contributed by atoms with Crippen LogP contribution in [-0.4, -0.2) is 24.6 Å². The van der Waals surface area contributed by atoms with E-state index in [2.05, 4.69) is 15.0 Å². The average molecular weight is 216 g/mol. The number of imidazole rings is 1. The lowest BCUT2D eigenvalue weighted by molar-refractivity contribution is 0.209. The summed E-state index contributed by atoms with van der Waals surface area (Å²) in [6, 6.07) is 0.511. The van der Waals surface area contributed by atoms with Crippen molar-refractivity contribution in [2.75, 3.05) is 0 Å². The molecular weight excluding hydrogens is 204 g/mol. The lowest BCUT2D eigenvalue weighted by Crippen LogP contribution is -2.07. The monoisotopic (exact) mass is 216 g/mol. The molecular formula is C11H12N4O. The maximum Gasteiger partial charge on any atom is 0.124 e. The molecule has 16 heavy (non-hydrogen) atoms. The van der Waals surface area contributed by atoms with E-state index in [0.717, 1.165) is 5.69 Å². The summed E-state index contributed by atoms with van der Waals surface area (Å²) in [7, 11) is 0. The first kappa shape index (κ1) is 9.47. The highest BCUT2D eigenvalue weighted by molar-refractivity contribution is 5.20. The first-order chi connectivity index (χ1) is 7.86. The molecule has 2 heterocycles. The number of aromatic nitrogens is 4. The number of aliphatic hydroxyl groups excluding tert-OH is 1. The Bertz CT molecular complexity index is 478. The van der Waals surface area contributed by atoms with Crippen molar-refractivity contribution in [3.63, 3.8) is 0 Å². The van der Waals surface area contributed by atoms with E-state index < -0.39 is 6.10 Å². The minimum Gasteiger partial charge on any atom is -0.382 e. The molecule has 82 valence electrons. The summed E-state index contributed by atoms with van der Waals surface area (Å²) in [5.74, 6) is 0. The molecule has 2 aromatic heterocycles. The average Bonchev–Trinajstić information content (AvgIpc) is 3.07. The Hall–Kier alpha value is -1.75. The summed E-state index contributed by atoms with van der Waals surface area (Å²) < 4.78 is 2.04. The molecule has 1 atom stereocenters. The topological polar surface area (TPSA) is 63.8 Å². The van der Waals surface area contributed by atoms with Crippen molar-refractivity contribution < 1.29 is 5.11 Å². The van der Waals surface area contributed by atoms with E-state index in [0.29, 0.717) is 11.6 Å². The number of rotatable bonds is 3. The highest BCUT2D eigenvalue weighted by Gasteiger charge is 2.27. The van der Waals surface area contributed by atoms with Gasteiger partial charge in [0.05, 0.1) is 18.2 Å². The summed E-state index contributed by atoms with van der Waals surface area (Å²) in [5.41, 5.74) is 1.52. The second-order valence-corrected chi connectivity index (χ2v) is 4.03.